The molecule has 0 fully saturated rings. The Morgan fingerprint density at radius 3 is 2.67 bits per heavy atom. The highest BCUT2D eigenvalue weighted by atomic mass is 32.2. The summed E-state index contributed by atoms with van der Waals surface area (Å²) in [6, 6.07) is 13.8. The molecule has 1 aromatic heterocycles. The molecule has 140 valence electrons. The van der Waals surface area contributed by atoms with Gasteiger partial charge in [-0.2, -0.15) is 20.5 Å². The van der Waals surface area contributed by atoms with Crippen LogP contribution in [0.1, 0.15) is 15.9 Å². The minimum atomic E-state index is -2.92. The van der Waals surface area contributed by atoms with Crippen LogP contribution >= 0.6 is 23.1 Å². The van der Waals surface area contributed by atoms with Gasteiger partial charge in [0.25, 0.3) is 5.91 Å². The van der Waals surface area contributed by atoms with Gasteiger partial charge in [-0.1, -0.05) is 24.3 Å². The van der Waals surface area contributed by atoms with Gasteiger partial charge in [-0.25, -0.2) is 4.98 Å². The van der Waals surface area contributed by atoms with Crippen molar-refractivity contribution >= 4 is 34.1 Å². The number of nitrogens with one attached hydrogen (secondary N) is 1. The van der Waals surface area contributed by atoms with Crippen LogP contribution in [-0.2, 0) is 5.75 Å². The second kappa shape index (κ2) is 8.96. The molecule has 1 heterocycles. The third kappa shape index (κ3) is 5.05. The monoisotopic (exact) mass is 406 g/mol. The molecule has 0 aliphatic carbocycles. The van der Waals surface area contributed by atoms with E-state index in [4.69, 9.17) is 0 Å². The Hall–Kier alpha value is -2.45. The van der Waals surface area contributed by atoms with Gasteiger partial charge in [-0.05, 0) is 36.1 Å². The van der Waals surface area contributed by atoms with E-state index < -0.39 is 6.61 Å². The number of aromatic nitrogens is 1. The van der Waals surface area contributed by atoms with Crippen LogP contribution in [-0.4, -0.2) is 23.8 Å². The number of benzene rings is 2. The molecule has 1 amide bonds. The number of rotatable bonds is 7. The molecule has 0 bridgehead atoms. The van der Waals surface area contributed by atoms with Gasteiger partial charge in [0.15, 0.2) is 5.13 Å². The number of thiazole rings is 1. The maximum absolute atomic E-state index is 12.6. The highest BCUT2D eigenvalue weighted by Crippen LogP contribution is 2.33. The molecule has 3 aromatic rings. The second-order valence-electron chi connectivity index (χ2n) is 5.50. The number of carbonyl (C=O) groups is 1. The lowest BCUT2D eigenvalue weighted by molar-refractivity contribution is -0.0494. The van der Waals surface area contributed by atoms with Gasteiger partial charge in [0.05, 0.1) is 5.69 Å². The van der Waals surface area contributed by atoms with Crippen molar-refractivity contribution in [2.45, 2.75) is 12.4 Å². The first kappa shape index (κ1) is 19.3. The van der Waals surface area contributed by atoms with Crippen molar-refractivity contribution in [2.75, 3.05) is 11.6 Å². The Labute approximate surface area is 163 Å². The lowest BCUT2D eigenvalue weighted by atomic mass is 10.1. The van der Waals surface area contributed by atoms with Crippen LogP contribution in [0.2, 0.25) is 0 Å². The van der Waals surface area contributed by atoms with Crippen molar-refractivity contribution in [3.8, 4) is 17.0 Å². The molecule has 0 unspecified atom stereocenters. The number of thioether (sulfide) groups is 1. The predicted octanol–water partition coefficient (Wildman–Crippen LogP) is 5.53. The van der Waals surface area contributed by atoms with Crippen LogP contribution in [0, 0.1) is 0 Å². The molecule has 0 saturated carbocycles. The first-order valence-electron chi connectivity index (χ1n) is 7.96. The van der Waals surface area contributed by atoms with Gasteiger partial charge in [-0.15, -0.1) is 11.3 Å². The highest BCUT2D eigenvalue weighted by molar-refractivity contribution is 7.97. The molecule has 0 atom stereocenters. The van der Waals surface area contributed by atoms with Gasteiger partial charge < -0.3 is 4.74 Å². The minimum Gasteiger partial charge on any atom is -0.434 e. The molecule has 8 heteroatoms. The summed E-state index contributed by atoms with van der Waals surface area (Å²) in [5.74, 6) is 0.654. The summed E-state index contributed by atoms with van der Waals surface area (Å²) in [7, 11) is 0. The number of amides is 1. The number of carbonyl (C=O) groups excluding carboxylic acids is 1. The third-order valence-corrected chi connectivity index (χ3v) is 5.01. The molecule has 0 aliphatic heterocycles. The summed E-state index contributed by atoms with van der Waals surface area (Å²) in [4.78, 5) is 16.7. The van der Waals surface area contributed by atoms with Gasteiger partial charge >= 0.3 is 6.61 Å². The zero-order valence-corrected chi connectivity index (χ0v) is 15.9. The van der Waals surface area contributed by atoms with Crippen LogP contribution in [0.3, 0.4) is 0 Å². The maximum atomic E-state index is 12.6. The standard InChI is InChI=1S/C19H16F2N2O2S2/c1-26-10-12-6-8-13(9-7-12)17(24)23-19-22-15(11-27-19)14-4-2-3-5-16(14)25-18(20)21/h2-9,11,18H,10H2,1H3,(H,22,23,24). The minimum absolute atomic E-state index is 0.0417. The fourth-order valence-corrected chi connectivity index (χ4v) is 3.65. The zero-order chi connectivity index (χ0) is 19.2. The first-order chi connectivity index (χ1) is 13.1. The van der Waals surface area contributed by atoms with Gasteiger partial charge in [0.2, 0.25) is 0 Å². The Bertz CT molecular complexity index is 914. The van der Waals surface area contributed by atoms with E-state index in [9.17, 15) is 13.6 Å². The van der Waals surface area contributed by atoms with E-state index in [1.165, 1.54) is 17.4 Å². The van der Waals surface area contributed by atoms with Gasteiger partial charge in [0.1, 0.15) is 5.75 Å². The molecule has 27 heavy (non-hydrogen) atoms. The Morgan fingerprint density at radius 2 is 1.96 bits per heavy atom. The smallest absolute Gasteiger partial charge is 0.387 e. The average molecular weight is 406 g/mol. The average Bonchev–Trinajstić information content (AvgIpc) is 3.11. The van der Waals surface area contributed by atoms with Crippen LogP contribution in [0.25, 0.3) is 11.3 Å². The summed E-state index contributed by atoms with van der Waals surface area (Å²) in [6.45, 7) is -2.92. The molecule has 0 aliphatic rings. The number of anilines is 1. The van der Waals surface area contributed by atoms with E-state index in [-0.39, 0.29) is 11.7 Å². The second-order valence-corrected chi connectivity index (χ2v) is 7.22. The van der Waals surface area contributed by atoms with Crippen LogP contribution in [0.5, 0.6) is 5.75 Å². The Balaban J connectivity index is 1.74. The number of ether oxygens (including phenoxy) is 1. The molecule has 3 rings (SSSR count). The van der Waals surface area contributed by atoms with Crippen molar-refractivity contribution in [3.63, 3.8) is 0 Å². The molecular weight excluding hydrogens is 390 g/mol. The lowest BCUT2D eigenvalue weighted by Crippen LogP contribution is -2.11. The van der Waals surface area contributed by atoms with Crippen molar-refractivity contribution in [1.29, 1.82) is 0 Å². The maximum Gasteiger partial charge on any atom is 0.387 e. The first-order valence-corrected chi connectivity index (χ1v) is 10.2. The molecular formula is C19H16F2N2O2S2. The van der Waals surface area contributed by atoms with Gasteiger partial charge in [0, 0.05) is 22.3 Å². The molecule has 0 radical (unpaired) electrons. The quantitative estimate of drug-likeness (QED) is 0.561. The largest absolute Gasteiger partial charge is 0.434 e. The van der Waals surface area contributed by atoms with Gasteiger partial charge in [-0.3, -0.25) is 10.1 Å². The topological polar surface area (TPSA) is 51.2 Å². The molecule has 4 nitrogen and oxygen atoms in total. The van der Waals surface area contributed by atoms with E-state index in [1.54, 1.807) is 47.5 Å². The number of hydrogen-bond donors (Lipinski definition) is 1. The Kier molecular flexibility index (Phi) is 6.41. The molecule has 2 aromatic carbocycles. The normalized spacial score (nSPS) is 10.8. The summed E-state index contributed by atoms with van der Waals surface area (Å²) in [5, 5.41) is 4.80. The fourth-order valence-electron chi connectivity index (χ4n) is 2.42. The molecule has 1 N–H and O–H groups in total. The zero-order valence-electron chi connectivity index (χ0n) is 14.3. The molecule has 0 saturated heterocycles. The number of nitrogens with zero attached hydrogens (tertiary/aromatic N) is 1. The van der Waals surface area contributed by atoms with E-state index >= 15 is 0 Å². The predicted molar refractivity (Wildman–Crippen MR) is 106 cm³/mol. The number of hydrogen-bond acceptors (Lipinski definition) is 5. The summed E-state index contributed by atoms with van der Waals surface area (Å²) in [6.07, 6.45) is 2.02. The Morgan fingerprint density at radius 1 is 1.22 bits per heavy atom. The third-order valence-electron chi connectivity index (χ3n) is 3.63. The van der Waals surface area contributed by atoms with Crippen LogP contribution in [0.15, 0.2) is 53.9 Å². The summed E-state index contributed by atoms with van der Waals surface area (Å²) in [5.41, 5.74) is 2.57. The van der Waals surface area contributed by atoms with Crippen molar-refractivity contribution in [1.82, 2.24) is 4.98 Å². The van der Waals surface area contributed by atoms with E-state index in [0.29, 0.717) is 22.0 Å². The number of alkyl halides is 2. The summed E-state index contributed by atoms with van der Waals surface area (Å²) < 4.78 is 29.7. The fraction of sp³-hybridized carbons (Fsp3) is 0.158. The number of halogens is 2. The lowest BCUT2D eigenvalue weighted by Gasteiger charge is -2.08. The van der Waals surface area contributed by atoms with E-state index in [1.807, 2.05) is 18.4 Å². The van der Waals surface area contributed by atoms with Crippen LogP contribution < -0.4 is 10.1 Å². The van der Waals surface area contributed by atoms with E-state index in [0.717, 1.165) is 11.3 Å². The van der Waals surface area contributed by atoms with Crippen molar-refractivity contribution in [2.24, 2.45) is 0 Å². The van der Waals surface area contributed by atoms with Crippen molar-refractivity contribution < 1.29 is 18.3 Å². The SMILES string of the molecule is CSCc1ccc(C(=O)Nc2nc(-c3ccccc3OC(F)F)cs2)cc1. The van der Waals surface area contributed by atoms with Crippen molar-refractivity contribution in [3.05, 3.63) is 65.0 Å². The highest BCUT2D eigenvalue weighted by Gasteiger charge is 2.15. The molecule has 0 spiro atoms. The summed E-state index contributed by atoms with van der Waals surface area (Å²) >= 11 is 2.93. The van der Waals surface area contributed by atoms with Crippen LogP contribution in [0.4, 0.5) is 13.9 Å². The number of para-hydroxylation sites is 1. The van der Waals surface area contributed by atoms with E-state index in [2.05, 4.69) is 15.0 Å².